The molecule has 0 aliphatic carbocycles. The Labute approximate surface area is 128 Å². The van der Waals surface area contributed by atoms with Gasteiger partial charge in [-0.05, 0) is 18.2 Å². The fourth-order valence-electron chi connectivity index (χ4n) is 2.34. The van der Waals surface area contributed by atoms with Crippen molar-refractivity contribution in [2.75, 3.05) is 12.8 Å². The molecule has 3 N–H and O–H groups in total. The second-order valence-electron chi connectivity index (χ2n) is 4.71. The lowest BCUT2D eigenvalue weighted by atomic mass is 9.99. The van der Waals surface area contributed by atoms with Crippen LogP contribution in [-0.4, -0.2) is 22.2 Å². The summed E-state index contributed by atoms with van der Waals surface area (Å²) in [6.07, 6.45) is 1.64. The van der Waals surface area contributed by atoms with Crippen LogP contribution in [-0.2, 0) is 0 Å². The predicted molar refractivity (Wildman–Crippen MR) is 85.5 cm³/mol. The molecule has 0 radical (unpaired) electrons. The first-order chi connectivity index (χ1) is 10.7. The summed E-state index contributed by atoms with van der Waals surface area (Å²) >= 11 is 0. The minimum atomic E-state index is 0.136. The van der Waals surface area contributed by atoms with E-state index in [4.69, 9.17) is 10.5 Å². The van der Waals surface area contributed by atoms with Gasteiger partial charge < -0.3 is 15.6 Å². The summed E-state index contributed by atoms with van der Waals surface area (Å²) in [7, 11) is 1.61. The largest absolute Gasteiger partial charge is 0.507 e. The van der Waals surface area contributed by atoms with Gasteiger partial charge in [0.15, 0.2) is 0 Å². The van der Waals surface area contributed by atoms with Crippen LogP contribution >= 0.6 is 0 Å². The third-order valence-electron chi connectivity index (χ3n) is 3.36. The van der Waals surface area contributed by atoms with E-state index in [9.17, 15) is 5.11 Å². The van der Waals surface area contributed by atoms with Crippen LogP contribution < -0.4 is 10.5 Å². The monoisotopic (exact) mass is 293 g/mol. The molecule has 3 rings (SSSR count). The topological polar surface area (TPSA) is 81.3 Å². The van der Waals surface area contributed by atoms with Crippen LogP contribution in [0.4, 0.5) is 5.95 Å². The Morgan fingerprint density at radius 3 is 2.36 bits per heavy atom. The third-order valence-corrected chi connectivity index (χ3v) is 3.36. The number of nitrogens with two attached hydrogens (primary N) is 1. The van der Waals surface area contributed by atoms with Gasteiger partial charge in [0, 0.05) is 22.9 Å². The second-order valence-corrected chi connectivity index (χ2v) is 4.71. The Morgan fingerprint density at radius 2 is 1.64 bits per heavy atom. The molecule has 1 aromatic heterocycles. The average molecular weight is 293 g/mol. The van der Waals surface area contributed by atoms with Crippen molar-refractivity contribution in [2.45, 2.75) is 0 Å². The van der Waals surface area contributed by atoms with Crippen molar-refractivity contribution in [3.63, 3.8) is 0 Å². The minimum absolute atomic E-state index is 0.136. The smallest absolute Gasteiger partial charge is 0.220 e. The molecule has 110 valence electrons. The maximum Gasteiger partial charge on any atom is 0.220 e. The normalized spacial score (nSPS) is 10.4. The van der Waals surface area contributed by atoms with Crippen molar-refractivity contribution in [2.24, 2.45) is 0 Å². The number of aromatic nitrogens is 2. The Balaban J connectivity index is 2.28. The van der Waals surface area contributed by atoms with Gasteiger partial charge in [0.05, 0.1) is 12.8 Å². The number of ether oxygens (including phenoxy) is 1. The van der Waals surface area contributed by atoms with Gasteiger partial charge in [-0.15, -0.1) is 0 Å². The number of nitrogens with zero attached hydrogens (tertiary/aromatic N) is 2. The van der Waals surface area contributed by atoms with Gasteiger partial charge in [0.25, 0.3) is 0 Å². The summed E-state index contributed by atoms with van der Waals surface area (Å²) in [6, 6.07) is 14.6. The molecule has 0 fully saturated rings. The lowest BCUT2D eigenvalue weighted by Gasteiger charge is -2.13. The molecular weight excluding hydrogens is 278 g/mol. The first-order valence-electron chi connectivity index (χ1n) is 6.75. The fraction of sp³-hybridized carbons (Fsp3) is 0.0588. The van der Waals surface area contributed by atoms with Gasteiger partial charge in [0.1, 0.15) is 11.5 Å². The molecule has 0 spiro atoms. The van der Waals surface area contributed by atoms with Crippen LogP contribution in [0.3, 0.4) is 0 Å². The molecule has 1 heterocycles. The molecule has 0 aliphatic heterocycles. The number of aromatic hydroxyl groups is 1. The summed E-state index contributed by atoms with van der Waals surface area (Å²) in [5, 5.41) is 10.1. The van der Waals surface area contributed by atoms with E-state index >= 15 is 0 Å². The number of phenolic OH excluding ortho intramolecular Hbond substituents is 1. The SMILES string of the molecule is COc1ccccc1-c1cnc(N)nc1-c1ccccc1O. The van der Waals surface area contributed by atoms with Crippen LogP contribution in [0, 0.1) is 0 Å². The second kappa shape index (κ2) is 5.73. The molecule has 22 heavy (non-hydrogen) atoms. The number of benzene rings is 2. The highest BCUT2D eigenvalue weighted by molar-refractivity contribution is 5.85. The van der Waals surface area contributed by atoms with Gasteiger partial charge in [-0.1, -0.05) is 30.3 Å². The number of hydrogen-bond donors (Lipinski definition) is 2. The van der Waals surface area contributed by atoms with E-state index in [1.807, 2.05) is 30.3 Å². The molecule has 0 unspecified atom stereocenters. The number of para-hydroxylation sites is 2. The zero-order valence-corrected chi connectivity index (χ0v) is 12.0. The molecular formula is C17H15N3O2. The minimum Gasteiger partial charge on any atom is -0.507 e. The first kappa shape index (κ1) is 13.9. The molecule has 5 heteroatoms. The number of anilines is 1. The Kier molecular flexibility index (Phi) is 3.62. The summed E-state index contributed by atoms with van der Waals surface area (Å²) in [5.41, 5.74) is 8.47. The van der Waals surface area contributed by atoms with Crippen LogP contribution in [0.5, 0.6) is 11.5 Å². The Morgan fingerprint density at radius 1 is 0.955 bits per heavy atom. The number of hydrogen-bond acceptors (Lipinski definition) is 5. The van der Waals surface area contributed by atoms with Crippen molar-refractivity contribution in [1.82, 2.24) is 9.97 Å². The molecule has 5 nitrogen and oxygen atoms in total. The van der Waals surface area contributed by atoms with Gasteiger partial charge in [-0.3, -0.25) is 0 Å². The molecule has 2 aromatic carbocycles. The zero-order valence-electron chi connectivity index (χ0n) is 12.0. The number of methoxy groups -OCH3 is 1. The maximum atomic E-state index is 10.1. The maximum absolute atomic E-state index is 10.1. The average Bonchev–Trinajstić information content (AvgIpc) is 2.55. The summed E-state index contributed by atoms with van der Waals surface area (Å²) in [6.45, 7) is 0. The number of rotatable bonds is 3. The number of nitrogen functional groups attached to an aromatic ring is 1. The van der Waals surface area contributed by atoms with Gasteiger partial charge in [-0.2, -0.15) is 0 Å². The van der Waals surface area contributed by atoms with Crippen LogP contribution in [0.15, 0.2) is 54.7 Å². The van der Waals surface area contributed by atoms with E-state index < -0.39 is 0 Å². The van der Waals surface area contributed by atoms with Crippen molar-refractivity contribution < 1.29 is 9.84 Å². The molecule has 0 atom stereocenters. The molecule has 0 bridgehead atoms. The molecule has 0 saturated carbocycles. The lowest BCUT2D eigenvalue weighted by molar-refractivity contribution is 0.416. The van der Waals surface area contributed by atoms with E-state index in [1.165, 1.54) is 0 Å². The van der Waals surface area contributed by atoms with Gasteiger partial charge in [-0.25, -0.2) is 9.97 Å². The summed E-state index contributed by atoms with van der Waals surface area (Å²) in [5.74, 6) is 0.987. The Hall–Kier alpha value is -3.08. The van der Waals surface area contributed by atoms with E-state index in [2.05, 4.69) is 9.97 Å². The first-order valence-corrected chi connectivity index (χ1v) is 6.75. The van der Waals surface area contributed by atoms with Crippen LogP contribution in [0.25, 0.3) is 22.4 Å². The van der Waals surface area contributed by atoms with Crippen LogP contribution in [0.2, 0.25) is 0 Å². The molecule has 0 saturated heterocycles. The fourth-order valence-corrected chi connectivity index (χ4v) is 2.34. The van der Waals surface area contributed by atoms with Crippen LogP contribution in [0.1, 0.15) is 0 Å². The quantitative estimate of drug-likeness (QED) is 0.775. The highest BCUT2D eigenvalue weighted by atomic mass is 16.5. The van der Waals surface area contributed by atoms with E-state index in [1.54, 1.807) is 31.5 Å². The highest BCUT2D eigenvalue weighted by Gasteiger charge is 2.16. The predicted octanol–water partition coefficient (Wildman–Crippen LogP) is 3.11. The third kappa shape index (κ3) is 2.44. The number of phenols is 1. The Bertz CT molecular complexity index is 819. The van der Waals surface area contributed by atoms with E-state index in [0.717, 1.165) is 11.1 Å². The summed E-state index contributed by atoms with van der Waals surface area (Å²) in [4.78, 5) is 8.38. The van der Waals surface area contributed by atoms with Crippen molar-refractivity contribution >= 4 is 5.95 Å². The van der Waals surface area contributed by atoms with E-state index in [0.29, 0.717) is 17.0 Å². The van der Waals surface area contributed by atoms with Crippen molar-refractivity contribution in [1.29, 1.82) is 0 Å². The summed E-state index contributed by atoms with van der Waals surface area (Å²) < 4.78 is 5.40. The zero-order chi connectivity index (χ0) is 15.5. The molecule has 0 amide bonds. The lowest BCUT2D eigenvalue weighted by Crippen LogP contribution is -1.99. The molecule has 3 aromatic rings. The standard InChI is InChI=1S/C17H15N3O2/c1-22-15-9-5-3-6-11(15)13-10-19-17(18)20-16(13)12-7-2-4-8-14(12)21/h2-10,21H,1H3,(H2,18,19,20). The molecule has 0 aliphatic rings. The highest BCUT2D eigenvalue weighted by Crippen LogP contribution is 2.38. The van der Waals surface area contributed by atoms with Gasteiger partial charge >= 0.3 is 0 Å². The van der Waals surface area contributed by atoms with Gasteiger partial charge in [0.2, 0.25) is 5.95 Å². The van der Waals surface area contributed by atoms with Crippen molar-refractivity contribution in [3.05, 3.63) is 54.7 Å². The van der Waals surface area contributed by atoms with E-state index in [-0.39, 0.29) is 11.7 Å². The van der Waals surface area contributed by atoms with Crippen molar-refractivity contribution in [3.8, 4) is 33.9 Å².